The zero-order valence-corrected chi connectivity index (χ0v) is 24.7. The van der Waals surface area contributed by atoms with Gasteiger partial charge >= 0.3 is 0 Å². The van der Waals surface area contributed by atoms with Gasteiger partial charge in [0.05, 0.1) is 0 Å². The van der Waals surface area contributed by atoms with Gasteiger partial charge < -0.3 is 0 Å². The van der Waals surface area contributed by atoms with Gasteiger partial charge in [0.25, 0.3) is 0 Å². The Hall–Kier alpha value is -4.72. The van der Waals surface area contributed by atoms with E-state index in [0.29, 0.717) is 5.92 Å². The molecule has 1 unspecified atom stereocenters. The van der Waals surface area contributed by atoms with Crippen molar-refractivity contribution in [2.24, 2.45) is 0 Å². The molecule has 1 atom stereocenters. The van der Waals surface area contributed by atoms with Gasteiger partial charge in [-0.15, -0.1) is 11.3 Å². The maximum atomic E-state index is 2.43. The average Bonchev–Trinajstić information content (AvgIpc) is 3.37. The summed E-state index contributed by atoms with van der Waals surface area (Å²) in [5.41, 5.74) is 9.90. The first-order chi connectivity index (χ1) is 21.3. The van der Waals surface area contributed by atoms with Crippen LogP contribution >= 0.6 is 11.3 Å². The summed E-state index contributed by atoms with van der Waals surface area (Å²) in [6.07, 6.45) is 3.30. The largest absolute Gasteiger partial charge is 0.135 e. The maximum Gasteiger partial charge on any atom is 0.0433 e. The lowest BCUT2D eigenvalue weighted by Gasteiger charge is -2.21. The Labute approximate surface area is 255 Å². The van der Waals surface area contributed by atoms with Crippen LogP contribution in [0.5, 0.6) is 0 Å². The Bertz CT molecular complexity index is 2320. The molecule has 1 heteroatoms. The Morgan fingerprint density at radius 2 is 1.21 bits per heavy atom. The van der Waals surface area contributed by atoms with E-state index in [1.807, 2.05) is 11.3 Å². The Morgan fingerprint density at radius 1 is 0.535 bits per heavy atom. The fourth-order valence-corrected chi connectivity index (χ4v) is 8.74. The predicted molar refractivity (Wildman–Crippen MR) is 186 cm³/mol. The van der Waals surface area contributed by atoms with Crippen LogP contribution in [-0.2, 0) is 12.8 Å². The molecule has 0 saturated carbocycles. The molecule has 0 amide bonds. The van der Waals surface area contributed by atoms with Gasteiger partial charge in [0.2, 0.25) is 0 Å². The first kappa shape index (κ1) is 24.8. The standard InChI is InChI=1S/C42H30S/c1-3-10-33-28(8-1)20-21-31-22-23-32(35-25-24-29-9-2-4-11-34(29)41(35)40(31)33)26-27-16-18-30(19-17-27)36-13-7-14-38-37-12-5-6-15-39(37)43-42(36)38/h1-21,24-25,32H,22-23,26H2. The van der Waals surface area contributed by atoms with Crippen LogP contribution in [0.4, 0.5) is 0 Å². The normalized spacial score (nSPS) is 14.7. The fraction of sp³-hybridized carbons (Fsp3) is 0.0952. The van der Waals surface area contributed by atoms with Crippen molar-refractivity contribution in [2.45, 2.75) is 25.2 Å². The zero-order chi connectivity index (χ0) is 28.3. The molecule has 0 spiro atoms. The molecular formula is C42H30S. The summed E-state index contributed by atoms with van der Waals surface area (Å²) in [5.74, 6) is 0.461. The first-order valence-corrected chi connectivity index (χ1v) is 16.2. The van der Waals surface area contributed by atoms with Crippen molar-refractivity contribution in [3.8, 4) is 22.3 Å². The van der Waals surface area contributed by atoms with E-state index < -0.39 is 0 Å². The third kappa shape index (κ3) is 4.03. The molecule has 0 saturated heterocycles. The second-order valence-electron chi connectivity index (χ2n) is 12.0. The number of thiophene rings is 1. The molecule has 0 aliphatic heterocycles. The van der Waals surface area contributed by atoms with Crippen molar-refractivity contribution >= 4 is 53.1 Å². The fourth-order valence-electron chi connectivity index (χ4n) is 7.50. The minimum atomic E-state index is 0.461. The van der Waals surface area contributed by atoms with Gasteiger partial charge in [-0.3, -0.25) is 0 Å². The van der Waals surface area contributed by atoms with Gasteiger partial charge in [-0.05, 0) is 91.7 Å². The number of hydrogen-bond donors (Lipinski definition) is 0. The SMILES string of the molecule is c1ccc2c3c(ccc2c1)CCC(Cc1ccc(-c2cccc4c2sc2ccccc24)cc1)c1ccc2ccccc2c1-3. The van der Waals surface area contributed by atoms with Crippen LogP contribution in [0, 0.1) is 0 Å². The maximum absolute atomic E-state index is 2.43. The predicted octanol–water partition coefficient (Wildman–Crippen LogP) is 12.0. The van der Waals surface area contributed by atoms with Crippen molar-refractivity contribution in [3.63, 3.8) is 0 Å². The Kier molecular flexibility index (Phi) is 5.74. The summed E-state index contributed by atoms with van der Waals surface area (Å²) in [6.45, 7) is 0. The molecular weight excluding hydrogens is 537 g/mol. The summed E-state index contributed by atoms with van der Waals surface area (Å²) in [7, 11) is 0. The highest BCUT2D eigenvalue weighted by Crippen LogP contribution is 2.46. The number of hydrogen-bond acceptors (Lipinski definition) is 1. The van der Waals surface area contributed by atoms with Crippen molar-refractivity contribution in [3.05, 3.63) is 156 Å². The van der Waals surface area contributed by atoms with Crippen LogP contribution in [0.1, 0.15) is 29.0 Å². The van der Waals surface area contributed by atoms with E-state index in [1.54, 1.807) is 0 Å². The van der Waals surface area contributed by atoms with Crippen molar-refractivity contribution < 1.29 is 0 Å². The number of aryl methyl sites for hydroxylation is 1. The topological polar surface area (TPSA) is 0 Å². The summed E-state index contributed by atoms with van der Waals surface area (Å²) >= 11 is 1.91. The molecule has 9 rings (SSSR count). The lowest BCUT2D eigenvalue weighted by atomic mass is 9.83. The van der Waals surface area contributed by atoms with Crippen molar-refractivity contribution in [2.75, 3.05) is 0 Å². The molecule has 204 valence electrons. The molecule has 0 radical (unpaired) electrons. The smallest absolute Gasteiger partial charge is 0.0433 e. The van der Waals surface area contributed by atoms with Gasteiger partial charge in [0, 0.05) is 20.2 Å². The highest BCUT2D eigenvalue weighted by molar-refractivity contribution is 7.26. The first-order valence-electron chi connectivity index (χ1n) is 15.3. The molecule has 8 aromatic rings. The molecule has 1 aromatic heterocycles. The van der Waals surface area contributed by atoms with Crippen LogP contribution < -0.4 is 0 Å². The van der Waals surface area contributed by atoms with Gasteiger partial charge in [-0.1, -0.05) is 133 Å². The van der Waals surface area contributed by atoms with E-state index >= 15 is 0 Å². The van der Waals surface area contributed by atoms with Gasteiger partial charge in [0.1, 0.15) is 0 Å². The van der Waals surface area contributed by atoms with E-state index in [0.717, 1.165) is 19.3 Å². The summed E-state index contributed by atoms with van der Waals surface area (Å²) in [5, 5.41) is 8.10. The highest BCUT2D eigenvalue weighted by Gasteiger charge is 2.26. The van der Waals surface area contributed by atoms with Crippen LogP contribution in [0.3, 0.4) is 0 Å². The van der Waals surface area contributed by atoms with Crippen LogP contribution in [-0.4, -0.2) is 0 Å². The molecule has 1 aliphatic carbocycles. The third-order valence-electron chi connectivity index (χ3n) is 9.58. The molecule has 0 fully saturated rings. The quantitative estimate of drug-likeness (QED) is 0.199. The number of rotatable bonds is 3. The van der Waals surface area contributed by atoms with Crippen LogP contribution in [0.15, 0.2) is 140 Å². The molecule has 0 nitrogen and oxygen atoms in total. The summed E-state index contributed by atoms with van der Waals surface area (Å²) < 4.78 is 2.74. The molecule has 0 N–H and O–H groups in total. The van der Waals surface area contributed by atoms with E-state index in [-0.39, 0.29) is 0 Å². The van der Waals surface area contributed by atoms with Gasteiger partial charge in [-0.25, -0.2) is 0 Å². The lowest BCUT2D eigenvalue weighted by molar-refractivity contribution is 0.629. The van der Waals surface area contributed by atoms with Crippen molar-refractivity contribution in [1.82, 2.24) is 0 Å². The van der Waals surface area contributed by atoms with Gasteiger partial charge in [-0.2, -0.15) is 0 Å². The Morgan fingerprint density at radius 3 is 2.02 bits per heavy atom. The summed E-state index contributed by atoms with van der Waals surface area (Å²) in [6, 6.07) is 52.3. The number of fused-ring (bicyclic) bond motifs is 10. The minimum absolute atomic E-state index is 0.461. The second-order valence-corrected chi connectivity index (χ2v) is 13.0. The van der Waals surface area contributed by atoms with Gasteiger partial charge in [0.15, 0.2) is 0 Å². The summed E-state index contributed by atoms with van der Waals surface area (Å²) in [4.78, 5) is 0. The molecule has 43 heavy (non-hydrogen) atoms. The lowest BCUT2D eigenvalue weighted by Crippen LogP contribution is -2.04. The van der Waals surface area contributed by atoms with E-state index in [9.17, 15) is 0 Å². The second kappa shape index (κ2) is 9.93. The van der Waals surface area contributed by atoms with Crippen LogP contribution in [0.2, 0.25) is 0 Å². The molecule has 1 aliphatic rings. The number of benzene rings is 7. The van der Waals surface area contributed by atoms with E-state index in [1.165, 1.54) is 80.7 Å². The monoisotopic (exact) mass is 566 g/mol. The molecule has 0 bridgehead atoms. The van der Waals surface area contributed by atoms with E-state index in [4.69, 9.17) is 0 Å². The molecule has 7 aromatic carbocycles. The van der Waals surface area contributed by atoms with E-state index in [2.05, 4.69) is 140 Å². The highest BCUT2D eigenvalue weighted by atomic mass is 32.1. The third-order valence-corrected chi connectivity index (χ3v) is 10.8. The zero-order valence-electron chi connectivity index (χ0n) is 23.9. The Balaban J connectivity index is 1.13. The minimum Gasteiger partial charge on any atom is -0.135 e. The molecule has 1 heterocycles. The average molecular weight is 567 g/mol. The van der Waals surface area contributed by atoms with Crippen LogP contribution in [0.25, 0.3) is 64.0 Å². The van der Waals surface area contributed by atoms with Crippen molar-refractivity contribution in [1.29, 1.82) is 0 Å².